The highest BCUT2D eigenvalue weighted by atomic mass is 31.2. The number of carboxylic acids is 1. The van der Waals surface area contributed by atoms with Gasteiger partial charge in [-0.3, -0.25) is 23.6 Å². The molecule has 2 heterocycles. The number of carboxylic acid groups (broad SMARTS) is 1. The quantitative estimate of drug-likeness (QED) is 0.0852. The van der Waals surface area contributed by atoms with Crippen LogP contribution in [0.15, 0.2) is 41.3 Å². The number of fused-ring (bicyclic) bond motifs is 1. The number of ether oxygens (including phenoxy) is 2. The second-order valence-electron chi connectivity index (χ2n) is 12.6. The Hall–Kier alpha value is -3.62. The predicted octanol–water partition coefficient (Wildman–Crippen LogP) is 3.81. The topological polar surface area (TPSA) is 216 Å². The molecular weight excluding hydrogens is 699 g/mol. The van der Waals surface area contributed by atoms with Crippen molar-refractivity contribution in [1.29, 1.82) is 0 Å². The number of carbonyl (C=O) groups is 2. The van der Waals surface area contributed by atoms with Crippen molar-refractivity contribution >= 4 is 43.5 Å². The molecule has 0 amide bonds. The monoisotopic (exact) mass is 739 g/mol. The Labute approximate surface area is 286 Å². The van der Waals surface area contributed by atoms with Crippen molar-refractivity contribution < 1.29 is 57.3 Å². The Bertz CT molecular complexity index is 1900. The first-order chi connectivity index (χ1) is 23.5. The highest BCUT2D eigenvalue weighted by Gasteiger charge is 2.42. The molecule has 1 aliphatic heterocycles. The largest absolute Gasteiger partial charge is 0.494 e. The SMILES string of the molecule is COc1c(N2CCN(CCC(=O)c3ccc(OCCCC(P(=O)(O)O)P(=O)(O)O)cc3)C(C)C2)c(F)cc2c(=O)c(C(=O)O)cn(C3CC3)c12. The summed E-state index contributed by atoms with van der Waals surface area (Å²) in [6.07, 6.45) is 2.69. The number of benzene rings is 2. The number of rotatable bonds is 15. The average Bonchev–Trinajstić information content (AvgIpc) is 3.88. The number of methoxy groups -OCH3 is 1. The minimum Gasteiger partial charge on any atom is -0.494 e. The minimum atomic E-state index is -5.00. The Morgan fingerprint density at radius 1 is 1.06 bits per heavy atom. The van der Waals surface area contributed by atoms with Crippen LogP contribution in [-0.2, 0) is 9.13 Å². The van der Waals surface area contributed by atoms with E-state index in [4.69, 9.17) is 9.47 Å². The zero-order valence-electron chi connectivity index (χ0n) is 27.5. The van der Waals surface area contributed by atoms with E-state index in [1.165, 1.54) is 13.3 Å². The molecule has 0 spiro atoms. The van der Waals surface area contributed by atoms with Gasteiger partial charge in [-0.1, -0.05) is 0 Å². The zero-order chi connectivity index (χ0) is 36.5. The van der Waals surface area contributed by atoms with Crippen molar-refractivity contribution in [3.8, 4) is 11.5 Å². The standard InChI is InChI=1S/C32H40FN3O12P2/c1-19-17-35(29-25(33)16-23-28(31(29)47-2)36(21-7-8-21)18-24(30(23)38)32(39)40)14-13-34(19)12-11-26(37)20-5-9-22(10-6-20)48-15-3-4-27(49(41,42)43)50(44,45)46/h5-6,9-10,16,18-19,21,27H,3-4,7-8,11-15,17H2,1-2H3,(H,39,40)(H2,41,42,43)(H2,44,45,46). The second-order valence-corrected chi connectivity index (χ2v) is 16.6. The maximum absolute atomic E-state index is 15.8. The fraction of sp³-hybridized carbons (Fsp3) is 0.469. The molecule has 5 N–H and O–H groups in total. The van der Waals surface area contributed by atoms with Crippen LogP contribution < -0.4 is 19.8 Å². The number of pyridine rings is 1. The van der Waals surface area contributed by atoms with Gasteiger partial charge in [-0.2, -0.15) is 0 Å². The third kappa shape index (κ3) is 8.29. The van der Waals surface area contributed by atoms with E-state index in [1.54, 1.807) is 28.8 Å². The summed E-state index contributed by atoms with van der Waals surface area (Å²) in [5, 5.41) is 7.45. The number of hydrogen-bond acceptors (Lipinski definition) is 9. The van der Waals surface area contributed by atoms with Crippen molar-refractivity contribution in [3.63, 3.8) is 0 Å². The van der Waals surface area contributed by atoms with E-state index in [1.807, 2.05) is 11.8 Å². The van der Waals surface area contributed by atoms with E-state index in [-0.39, 0.29) is 54.1 Å². The molecule has 2 fully saturated rings. The highest BCUT2D eigenvalue weighted by molar-refractivity contribution is 7.70. The molecule has 1 aromatic heterocycles. The molecule has 5 rings (SSSR count). The fourth-order valence-corrected chi connectivity index (χ4v) is 8.97. The molecule has 1 saturated carbocycles. The molecule has 1 saturated heterocycles. The minimum absolute atomic E-state index is 0.0114. The molecule has 2 aliphatic rings. The number of carbonyl (C=O) groups excluding carboxylic acids is 1. The van der Waals surface area contributed by atoms with Gasteiger partial charge in [-0.05, 0) is 62.9 Å². The maximum atomic E-state index is 15.8. The molecule has 50 heavy (non-hydrogen) atoms. The summed E-state index contributed by atoms with van der Waals surface area (Å²) in [6.45, 7) is 3.70. The van der Waals surface area contributed by atoms with Crippen LogP contribution in [0.1, 0.15) is 65.8 Å². The van der Waals surface area contributed by atoms with E-state index < -0.39 is 49.8 Å². The van der Waals surface area contributed by atoms with E-state index in [0.717, 1.165) is 18.9 Å². The van der Waals surface area contributed by atoms with Gasteiger partial charge in [0.1, 0.15) is 17.0 Å². The van der Waals surface area contributed by atoms with Crippen molar-refractivity contribution in [2.45, 2.75) is 56.5 Å². The van der Waals surface area contributed by atoms with Gasteiger partial charge < -0.3 is 43.6 Å². The molecule has 1 unspecified atom stereocenters. The predicted molar refractivity (Wildman–Crippen MR) is 181 cm³/mol. The second kappa shape index (κ2) is 14.9. The molecule has 0 bridgehead atoms. The van der Waals surface area contributed by atoms with Crippen LogP contribution in [0.5, 0.6) is 11.5 Å². The Balaban J connectivity index is 1.19. The normalized spacial score (nSPS) is 17.4. The molecule has 272 valence electrons. The van der Waals surface area contributed by atoms with Crippen LogP contribution >= 0.6 is 15.2 Å². The number of Topliss-reactive ketones (excluding diaryl/α,β-unsaturated/α-hetero) is 1. The van der Waals surface area contributed by atoms with Crippen LogP contribution in [0.4, 0.5) is 10.1 Å². The molecule has 18 heteroatoms. The summed E-state index contributed by atoms with van der Waals surface area (Å²) in [5.41, 5.74) is -0.179. The lowest BCUT2D eigenvalue weighted by molar-refractivity contribution is 0.0694. The van der Waals surface area contributed by atoms with Crippen LogP contribution in [0.3, 0.4) is 0 Å². The average molecular weight is 740 g/mol. The zero-order valence-corrected chi connectivity index (χ0v) is 29.3. The maximum Gasteiger partial charge on any atom is 0.341 e. The van der Waals surface area contributed by atoms with E-state index in [0.29, 0.717) is 43.0 Å². The first kappa shape index (κ1) is 37.6. The number of nitrogens with zero attached hydrogens (tertiary/aromatic N) is 3. The number of piperazine rings is 1. The molecule has 0 radical (unpaired) electrons. The molecule has 3 aromatic rings. The molecule has 15 nitrogen and oxygen atoms in total. The molecular formula is C32H40FN3O12P2. The smallest absolute Gasteiger partial charge is 0.341 e. The third-order valence-electron chi connectivity index (χ3n) is 9.11. The first-order valence-electron chi connectivity index (χ1n) is 16.0. The number of hydrogen-bond donors (Lipinski definition) is 5. The fourth-order valence-electron chi connectivity index (χ4n) is 6.37. The Kier molecular flexibility index (Phi) is 11.2. The lowest BCUT2D eigenvalue weighted by atomic mass is 10.1. The first-order valence-corrected chi connectivity index (χ1v) is 19.4. The summed E-state index contributed by atoms with van der Waals surface area (Å²) < 4.78 is 51.5. The summed E-state index contributed by atoms with van der Waals surface area (Å²) in [5.74, 6) is -1.62. The van der Waals surface area contributed by atoms with Gasteiger partial charge in [0, 0.05) is 56.4 Å². The van der Waals surface area contributed by atoms with E-state index in [2.05, 4.69) is 4.90 Å². The summed E-state index contributed by atoms with van der Waals surface area (Å²) >= 11 is 0. The lowest BCUT2D eigenvalue weighted by Gasteiger charge is -2.41. The van der Waals surface area contributed by atoms with Gasteiger partial charge in [0.05, 0.1) is 24.6 Å². The number of aromatic nitrogens is 1. The highest BCUT2D eigenvalue weighted by Crippen LogP contribution is 2.61. The van der Waals surface area contributed by atoms with Crippen LogP contribution in [-0.4, -0.2) is 97.2 Å². The van der Waals surface area contributed by atoms with Gasteiger partial charge in [0.25, 0.3) is 0 Å². The Morgan fingerprint density at radius 3 is 2.28 bits per heavy atom. The number of anilines is 1. The summed E-state index contributed by atoms with van der Waals surface area (Å²) in [6, 6.07) is 7.30. The van der Waals surface area contributed by atoms with Crippen LogP contribution in [0.2, 0.25) is 0 Å². The summed E-state index contributed by atoms with van der Waals surface area (Å²) in [7, 11) is -8.59. The number of halogens is 1. The number of aromatic carboxylic acids is 1. The molecule has 1 atom stereocenters. The molecule has 2 aromatic carbocycles. The van der Waals surface area contributed by atoms with Gasteiger partial charge in [-0.25, -0.2) is 9.18 Å². The van der Waals surface area contributed by atoms with Crippen LogP contribution in [0.25, 0.3) is 10.9 Å². The van der Waals surface area contributed by atoms with E-state index >= 15 is 4.39 Å². The van der Waals surface area contributed by atoms with Crippen molar-refractivity contribution in [2.24, 2.45) is 0 Å². The third-order valence-corrected chi connectivity index (χ3v) is 13.0. The van der Waals surface area contributed by atoms with Gasteiger partial charge >= 0.3 is 21.2 Å². The van der Waals surface area contributed by atoms with E-state index in [9.17, 15) is 48.2 Å². The van der Waals surface area contributed by atoms with Gasteiger partial charge in [0.2, 0.25) is 5.43 Å². The summed E-state index contributed by atoms with van der Waals surface area (Å²) in [4.78, 5) is 78.7. The van der Waals surface area contributed by atoms with Crippen molar-refractivity contribution in [1.82, 2.24) is 9.47 Å². The van der Waals surface area contributed by atoms with Gasteiger partial charge in [-0.15, -0.1) is 0 Å². The van der Waals surface area contributed by atoms with Crippen molar-refractivity contribution in [2.75, 3.05) is 44.8 Å². The van der Waals surface area contributed by atoms with Crippen molar-refractivity contribution in [3.05, 3.63) is 63.7 Å². The van der Waals surface area contributed by atoms with Gasteiger partial charge in [0.15, 0.2) is 22.8 Å². The number of ketones is 1. The van der Waals surface area contributed by atoms with Crippen LogP contribution in [0, 0.1) is 5.82 Å². The lowest BCUT2D eigenvalue weighted by Crippen LogP contribution is -2.52. The Morgan fingerprint density at radius 2 is 1.72 bits per heavy atom. The molecule has 1 aliphatic carbocycles.